The minimum atomic E-state index is -4.24. The van der Waals surface area contributed by atoms with E-state index in [1.54, 1.807) is 6.07 Å². The van der Waals surface area contributed by atoms with Crippen LogP contribution >= 0.6 is 15.9 Å². The zero-order valence-electron chi connectivity index (χ0n) is 9.58. The second kappa shape index (κ2) is 6.95. The van der Waals surface area contributed by atoms with E-state index in [0.717, 1.165) is 0 Å². The van der Waals surface area contributed by atoms with Crippen LogP contribution < -0.4 is 0 Å². The van der Waals surface area contributed by atoms with Gasteiger partial charge in [-0.15, -0.1) is 0 Å². The molecule has 0 radical (unpaired) electrons. The number of carbonyl (C=O) groups is 1. The van der Waals surface area contributed by atoms with E-state index >= 15 is 0 Å². The summed E-state index contributed by atoms with van der Waals surface area (Å²) >= 11 is 3.16. The minimum absolute atomic E-state index is 0.0628. The normalized spacial score (nSPS) is 11.9. The van der Waals surface area contributed by atoms with Crippen molar-refractivity contribution in [1.29, 1.82) is 0 Å². The number of Topliss-reactive ketones (excluding diaryl/α,β-unsaturated/α-hetero) is 1. The third kappa shape index (κ3) is 5.65. The second-order valence-electron chi connectivity index (χ2n) is 3.78. The quantitative estimate of drug-likeness (QED) is 0.714. The molecule has 3 nitrogen and oxygen atoms in total. The van der Waals surface area contributed by atoms with Crippen molar-refractivity contribution in [2.45, 2.75) is 18.8 Å². The molecule has 0 saturated heterocycles. The summed E-state index contributed by atoms with van der Waals surface area (Å²) < 4.78 is 53.5. The Hall–Kier alpha value is -1.02. The number of rotatable bonds is 7. The molecule has 0 spiro atoms. The van der Waals surface area contributed by atoms with E-state index in [9.17, 15) is 22.4 Å². The van der Waals surface area contributed by atoms with Gasteiger partial charge in [-0.2, -0.15) is 8.78 Å². The molecule has 0 aliphatic heterocycles. The lowest BCUT2D eigenvalue weighted by atomic mass is 10.1. The fourth-order valence-corrected chi connectivity index (χ4v) is 1.61. The number of aromatic nitrogens is 1. The fourth-order valence-electron chi connectivity index (χ4n) is 1.20. The van der Waals surface area contributed by atoms with E-state index in [0.29, 0.717) is 10.0 Å². The van der Waals surface area contributed by atoms with Gasteiger partial charge >= 0.3 is 12.3 Å². The lowest BCUT2D eigenvalue weighted by Gasteiger charge is -2.14. The van der Waals surface area contributed by atoms with Crippen LogP contribution in [0.2, 0.25) is 0 Å². The summed E-state index contributed by atoms with van der Waals surface area (Å²) in [5.41, 5.74) is 0.573. The van der Waals surface area contributed by atoms with Crippen LogP contribution in [0.4, 0.5) is 17.6 Å². The van der Waals surface area contributed by atoms with Crippen molar-refractivity contribution < 1.29 is 27.1 Å². The molecule has 106 valence electrons. The Morgan fingerprint density at radius 1 is 1.42 bits per heavy atom. The Balaban J connectivity index is 2.37. The first-order chi connectivity index (χ1) is 8.81. The Labute approximate surface area is 115 Å². The standard InChI is InChI=1S/C11H10BrF4NO2/c12-8-1-7(3-17-4-8)2-9(18)5-19-6-11(15,16)10(13)14/h1,3-4,10H,2,5-6H2. The fraction of sp³-hybridized carbons (Fsp3) is 0.455. The Morgan fingerprint density at radius 2 is 2.11 bits per heavy atom. The van der Waals surface area contributed by atoms with Crippen molar-refractivity contribution in [3.05, 3.63) is 28.5 Å². The molecule has 19 heavy (non-hydrogen) atoms. The number of hydrogen-bond donors (Lipinski definition) is 0. The van der Waals surface area contributed by atoms with Crippen molar-refractivity contribution in [2.75, 3.05) is 13.2 Å². The van der Waals surface area contributed by atoms with Crippen molar-refractivity contribution in [1.82, 2.24) is 4.98 Å². The van der Waals surface area contributed by atoms with Gasteiger partial charge in [0.15, 0.2) is 5.78 Å². The summed E-state index contributed by atoms with van der Waals surface area (Å²) in [5.74, 6) is -4.73. The highest BCUT2D eigenvalue weighted by Crippen LogP contribution is 2.22. The number of halogens is 5. The lowest BCUT2D eigenvalue weighted by molar-refractivity contribution is -0.168. The third-order valence-electron chi connectivity index (χ3n) is 2.04. The van der Waals surface area contributed by atoms with Gasteiger partial charge in [-0.25, -0.2) is 8.78 Å². The number of ether oxygens (including phenoxy) is 1. The van der Waals surface area contributed by atoms with Gasteiger partial charge in [0.1, 0.15) is 13.2 Å². The van der Waals surface area contributed by atoms with E-state index in [1.807, 2.05) is 0 Å². The maximum absolute atomic E-state index is 12.5. The van der Waals surface area contributed by atoms with Gasteiger partial charge in [0, 0.05) is 23.3 Å². The first-order valence-electron chi connectivity index (χ1n) is 5.16. The van der Waals surface area contributed by atoms with Crippen LogP contribution in [0, 0.1) is 0 Å². The Morgan fingerprint density at radius 3 is 2.68 bits per heavy atom. The molecule has 1 aromatic heterocycles. The third-order valence-corrected chi connectivity index (χ3v) is 2.47. The van der Waals surface area contributed by atoms with E-state index in [-0.39, 0.29) is 6.42 Å². The van der Waals surface area contributed by atoms with Crippen LogP contribution in [0.15, 0.2) is 22.9 Å². The highest BCUT2D eigenvalue weighted by Gasteiger charge is 2.41. The molecule has 0 aliphatic carbocycles. The number of alkyl halides is 4. The molecular formula is C11H10BrF4NO2. The van der Waals surface area contributed by atoms with E-state index in [2.05, 4.69) is 25.7 Å². The summed E-state index contributed by atoms with van der Waals surface area (Å²) in [5, 5.41) is 0. The Kier molecular flexibility index (Phi) is 5.86. The molecule has 0 bridgehead atoms. The molecule has 1 heterocycles. The summed E-state index contributed by atoms with van der Waals surface area (Å²) in [7, 11) is 0. The molecular weight excluding hydrogens is 334 g/mol. The molecule has 1 aromatic rings. The average molecular weight is 344 g/mol. The van der Waals surface area contributed by atoms with Gasteiger partial charge in [-0.05, 0) is 27.6 Å². The number of nitrogens with zero attached hydrogens (tertiary/aromatic N) is 1. The molecule has 0 unspecified atom stereocenters. The number of pyridine rings is 1. The van der Waals surface area contributed by atoms with Gasteiger partial charge in [-0.3, -0.25) is 9.78 Å². The monoisotopic (exact) mass is 343 g/mol. The number of hydrogen-bond acceptors (Lipinski definition) is 3. The molecule has 8 heteroatoms. The first kappa shape index (κ1) is 16.0. The van der Waals surface area contributed by atoms with E-state index in [1.165, 1.54) is 12.4 Å². The van der Waals surface area contributed by atoms with Gasteiger partial charge < -0.3 is 4.74 Å². The molecule has 0 N–H and O–H groups in total. The number of ketones is 1. The predicted octanol–water partition coefficient (Wildman–Crippen LogP) is 2.87. The van der Waals surface area contributed by atoms with E-state index in [4.69, 9.17) is 0 Å². The predicted molar refractivity (Wildman–Crippen MR) is 62.4 cm³/mol. The minimum Gasteiger partial charge on any atom is -0.367 e. The highest BCUT2D eigenvalue weighted by molar-refractivity contribution is 9.10. The largest absolute Gasteiger partial charge is 0.367 e. The SMILES string of the molecule is O=C(COCC(F)(F)C(F)F)Cc1cncc(Br)c1. The van der Waals surface area contributed by atoms with Gasteiger partial charge in [0.2, 0.25) is 0 Å². The van der Waals surface area contributed by atoms with Gasteiger partial charge in [-0.1, -0.05) is 0 Å². The maximum Gasteiger partial charge on any atom is 0.330 e. The van der Waals surface area contributed by atoms with Crippen LogP contribution in [0.25, 0.3) is 0 Å². The van der Waals surface area contributed by atoms with Gasteiger partial charge in [0.25, 0.3) is 0 Å². The Bertz CT molecular complexity index is 442. The van der Waals surface area contributed by atoms with Crippen LogP contribution in [0.1, 0.15) is 5.56 Å². The molecule has 0 aromatic carbocycles. The summed E-state index contributed by atoms with van der Waals surface area (Å²) in [4.78, 5) is 15.2. The number of carbonyl (C=O) groups excluding carboxylic acids is 1. The summed E-state index contributed by atoms with van der Waals surface area (Å²) in [6.45, 7) is -2.12. The topological polar surface area (TPSA) is 39.2 Å². The molecule has 0 fully saturated rings. The molecule has 1 rings (SSSR count). The average Bonchev–Trinajstić information content (AvgIpc) is 2.28. The summed E-state index contributed by atoms with van der Waals surface area (Å²) in [6.07, 6.45) is -0.909. The zero-order valence-corrected chi connectivity index (χ0v) is 11.2. The smallest absolute Gasteiger partial charge is 0.330 e. The molecule has 0 atom stereocenters. The zero-order chi connectivity index (χ0) is 14.5. The van der Waals surface area contributed by atoms with Crippen LogP contribution in [-0.2, 0) is 16.0 Å². The highest BCUT2D eigenvalue weighted by atomic mass is 79.9. The second-order valence-corrected chi connectivity index (χ2v) is 4.70. The maximum atomic E-state index is 12.5. The van der Waals surface area contributed by atoms with Gasteiger partial charge in [0.05, 0.1) is 0 Å². The van der Waals surface area contributed by atoms with Crippen molar-refractivity contribution in [3.63, 3.8) is 0 Å². The van der Waals surface area contributed by atoms with Crippen molar-refractivity contribution >= 4 is 21.7 Å². The lowest BCUT2D eigenvalue weighted by Crippen LogP contribution is -2.33. The van der Waals surface area contributed by atoms with Crippen molar-refractivity contribution in [3.8, 4) is 0 Å². The van der Waals surface area contributed by atoms with Crippen LogP contribution in [0.3, 0.4) is 0 Å². The summed E-state index contributed by atoms with van der Waals surface area (Å²) in [6, 6.07) is 1.64. The van der Waals surface area contributed by atoms with Crippen LogP contribution in [0.5, 0.6) is 0 Å². The molecule has 0 aliphatic rings. The van der Waals surface area contributed by atoms with E-state index < -0.39 is 31.3 Å². The van der Waals surface area contributed by atoms with Crippen molar-refractivity contribution in [2.24, 2.45) is 0 Å². The molecule has 0 saturated carbocycles. The first-order valence-corrected chi connectivity index (χ1v) is 5.95. The molecule has 0 amide bonds. The van der Waals surface area contributed by atoms with Crippen LogP contribution in [-0.4, -0.2) is 36.3 Å².